The van der Waals surface area contributed by atoms with Gasteiger partial charge in [-0.3, -0.25) is 14.5 Å². The Balaban J connectivity index is 1.28. The summed E-state index contributed by atoms with van der Waals surface area (Å²) < 4.78 is 18.3. The molecule has 0 radical (unpaired) electrons. The highest BCUT2D eigenvalue weighted by Crippen LogP contribution is 2.38. The lowest BCUT2D eigenvalue weighted by Crippen LogP contribution is -2.45. The lowest BCUT2D eigenvalue weighted by Gasteiger charge is -2.32. The zero-order valence-electron chi connectivity index (χ0n) is 24.5. The fourth-order valence-corrected chi connectivity index (χ4v) is 5.70. The molecule has 2 amide bonds. The number of nitrogens with one attached hydrogen (secondary N) is 1. The first-order valence-corrected chi connectivity index (χ1v) is 14.9. The summed E-state index contributed by atoms with van der Waals surface area (Å²) in [5.74, 6) is 0.407. The molecule has 1 fully saturated rings. The Labute approximate surface area is 259 Å². The number of hydrogen-bond donors (Lipinski definition) is 1. The summed E-state index contributed by atoms with van der Waals surface area (Å²) in [7, 11) is 0. The molecule has 11 heteroatoms. The molecule has 0 spiro atoms. The molecule has 1 N–H and O–H groups in total. The van der Waals surface area contributed by atoms with Crippen LogP contribution in [0.3, 0.4) is 0 Å². The van der Waals surface area contributed by atoms with E-state index in [1.54, 1.807) is 22.9 Å². The maximum Gasteiger partial charge on any atom is 0.249 e. The number of anilines is 2. The van der Waals surface area contributed by atoms with Crippen LogP contribution in [0.25, 0.3) is 11.0 Å². The van der Waals surface area contributed by atoms with Crippen molar-refractivity contribution in [1.29, 1.82) is 0 Å². The maximum absolute atomic E-state index is 14.4. The zero-order chi connectivity index (χ0) is 30.6. The van der Waals surface area contributed by atoms with Crippen molar-refractivity contribution in [3.8, 4) is 11.5 Å². The molecule has 45 heavy (non-hydrogen) atoms. The van der Waals surface area contributed by atoms with Crippen molar-refractivity contribution in [2.75, 3.05) is 42.9 Å². The molecule has 7 rings (SSSR count). The summed E-state index contributed by atoms with van der Waals surface area (Å²) in [5, 5.41) is 11.5. The number of ether oxygens (including phenoxy) is 3. The summed E-state index contributed by atoms with van der Waals surface area (Å²) >= 11 is 0. The second-order valence-corrected chi connectivity index (χ2v) is 10.8. The topological polar surface area (TPSA) is 111 Å². The largest absolute Gasteiger partial charge is 0.454 e. The van der Waals surface area contributed by atoms with Crippen LogP contribution in [0.2, 0.25) is 0 Å². The fourth-order valence-electron chi connectivity index (χ4n) is 5.70. The van der Waals surface area contributed by atoms with E-state index in [-0.39, 0.29) is 25.2 Å². The number of amides is 2. The number of nitrogens with zero attached hydrogens (tertiary/aromatic N) is 5. The third-order valence-corrected chi connectivity index (χ3v) is 8.01. The highest BCUT2D eigenvalue weighted by Gasteiger charge is 2.34. The molecule has 1 saturated heterocycles. The normalized spacial score (nSPS) is 14.7. The molecule has 11 nitrogen and oxygen atoms in total. The van der Waals surface area contributed by atoms with Gasteiger partial charge in [0, 0.05) is 37.1 Å². The van der Waals surface area contributed by atoms with E-state index in [9.17, 15) is 9.59 Å². The molecular formula is C34H32N6O5. The quantitative estimate of drug-likeness (QED) is 0.268. The molecule has 1 aromatic heterocycles. The van der Waals surface area contributed by atoms with Gasteiger partial charge in [-0.25, -0.2) is 4.68 Å². The average Bonchev–Trinajstić information content (AvgIpc) is 3.74. The summed E-state index contributed by atoms with van der Waals surface area (Å²) in [4.78, 5) is 32.4. The molecule has 1 atom stereocenters. The zero-order valence-corrected chi connectivity index (χ0v) is 24.5. The van der Waals surface area contributed by atoms with Gasteiger partial charge in [0.05, 0.1) is 18.7 Å². The number of carbonyl (C=O) groups excluding carboxylic acids is 2. The van der Waals surface area contributed by atoms with Crippen molar-refractivity contribution in [3.05, 3.63) is 108 Å². The van der Waals surface area contributed by atoms with Gasteiger partial charge in [0.1, 0.15) is 18.1 Å². The third kappa shape index (κ3) is 6.02. The molecule has 4 aromatic carbocycles. The molecule has 0 saturated carbocycles. The van der Waals surface area contributed by atoms with Gasteiger partial charge in [-0.1, -0.05) is 59.8 Å². The molecule has 0 unspecified atom stereocenters. The first kappa shape index (κ1) is 28.4. The number of carbonyl (C=O) groups is 2. The lowest BCUT2D eigenvalue weighted by molar-refractivity contribution is -0.127. The van der Waals surface area contributed by atoms with Crippen molar-refractivity contribution in [2.45, 2.75) is 19.1 Å². The first-order valence-electron chi connectivity index (χ1n) is 14.9. The summed E-state index contributed by atoms with van der Waals surface area (Å²) in [6.07, 6.45) is 0. The van der Waals surface area contributed by atoms with Crippen molar-refractivity contribution < 1.29 is 23.8 Å². The Morgan fingerprint density at radius 2 is 1.62 bits per heavy atom. The lowest BCUT2D eigenvalue weighted by atomic mass is 10.0. The minimum Gasteiger partial charge on any atom is -0.454 e. The predicted octanol–water partition coefficient (Wildman–Crippen LogP) is 4.09. The van der Waals surface area contributed by atoms with Crippen LogP contribution in [0.15, 0.2) is 97.1 Å². The summed E-state index contributed by atoms with van der Waals surface area (Å²) in [5.41, 5.74) is 4.52. The SMILES string of the molecule is O=C(NCc1ccccc1)[C@H](c1ccc(N2CCOCC2)cc1)N(C(=O)Cn1nnc2ccccc21)c1ccc2c(c1)OCO2. The van der Waals surface area contributed by atoms with Gasteiger partial charge < -0.3 is 24.4 Å². The Morgan fingerprint density at radius 1 is 0.867 bits per heavy atom. The predicted molar refractivity (Wildman–Crippen MR) is 168 cm³/mol. The van der Waals surface area contributed by atoms with Crippen LogP contribution in [0.1, 0.15) is 17.2 Å². The highest BCUT2D eigenvalue weighted by atomic mass is 16.7. The highest BCUT2D eigenvalue weighted by molar-refractivity contribution is 6.02. The molecule has 5 aromatic rings. The van der Waals surface area contributed by atoms with Crippen LogP contribution in [0.4, 0.5) is 11.4 Å². The number of benzene rings is 4. The summed E-state index contributed by atoms with van der Waals surface area (Å²) in [6.45, 7) is 3.15. The monoisotopic (exact) mass is 604 g/mol. The van der Waals surface area contributed by atoms with Gasteiger partial charge in [-0.15, -0.1) is 5.10 Å². The van der Waals surface area contributed by atoms with Crippen LogP contribution in [0.5, 0.6) is 11.5 Å². The van der Waals surface area contributed by atoms with E-state index >= 15 is 0 Å². The standard InChI is InChI=1S/C34H32N6O5/c41-32(22-39-29-9-5-4-8-28(29)36-37-39)40(27-14-15-30-31(20-27)45-23-44-30)33(34(42)35-21-24-6-2-1-3-7-24)25-10-12-26(13-11-25)38-16-18-43-19-17-38/h1-15,20,33H,16-19,21-23H2,(H,35,42)/t33-/m0/s1. The van der Waals surface area contributed by atoms with Gasteiger partial charge in [-0.05, 0) is 47.5 Å². The van der Waals surface area contributed by atoms with Crippen molar-refractivity contribution in [3.63, 3.8) is 0 Å². The van der Waals surface area contributed by atoms with Crippen LogP contribution in [0, 0.1) is 0 Å². The van der Waals surface area contributed by atoms with Crippen LogP contribution in [-0.2, 0) is 27.4 Å². The second kappa shape index (κ2) is 12.7. The maximum atomic E-state index is 14.4. The molecule has 228 valence electrons. The van der Waals surface area contributed by atoms with E-state index in [1.807, 2.05) is 78.9 Å². The molecule has 0 aliphatic carbocycles. The second-order valence-electron chi connectivity index (χ2n) is 10.8. The van der Waals surface area contributed by atoms with E-state index in [0.29, 0.717) is 48.0 Å². The van der Waals surface area contributed by atoms with Gasteiger partial charge in [-0.2, -0.15) is 0 Å². The fraction of sp³-hybridized carbons (Fsp3) is 0.235. The van der Waals surface area contributed by atoms with E-state index in [4.69, 9.17) is 14.2 Å². The number of fused-ring (bicyclic) bond motifs is 2. The molecule has 2 aliphatic heterocycles. The van der Waals surface area contributed by atoms with Gasteiger partial charge in [0.25, 0.3) is 0 Å². The van der Waals surface area contributed by atoms with E-state index in [0.717, 1.165) is 29.9 Å². The van der Waals surface area contributed by atoms with Crippen molar-refractivity contribution in [1.82, 2.24) is 20.3 Å². The van der Waals surface area contributed by atoms with E-state index < -0.39 is 6.04 Å². The third-order valence-electron chi connectivity index (χ3n) is 8.01. The first-order chi connectivity index (χ1) is 22.1. The van der Waals surface area contributed by atoms with E-state index in [2.05, 4.69) is 20.5 Å². The number of rotatable bonds is 9. The van der Waals surface area contributed by atoms with Gasteiger partial charge >= 0.3 is 0 Å². The van der Waals surface area contributed by atoms with Crippen LogP contribution >= 0.6 is 0 Å². The van der Waals surface area contributed by atoms with Gasteiger partial charge in [0.2, 0.25) is 18.6 Å². The minimum absolute atomic E-state index is 0.0850. The molecule has 0 bridgehead atoms. The molecule has 2 aliphatic rings. The van der Waals surface area contributed by atoms with E-state index in [1.165, 1.54) is 4.90 Å². The molecular weight excluding hydrogens is 572 g/mol. The Hall–Kier alpha value is -5.42. The van der Waals surface area contributed by atoms with Crippen molar-refractivity contribution in [2.24, 2.45) is 0 Å². The van der Waals surface area contributed by atoms with Crippen LogP contribution < -0.4 is 24.6 Å². The smallest absolute Gasteiger partial charge is 0.249 e. The summed E-state index contributed by atoms with van der Waals surface area (Å²) in [6, 6.07) is 29.2. The number of para-hydroxylation sites is 1. The van der Waals surface area contributed by atoms with Crippen molar-refractivity contribution >= 4 is 34.2 Å². The Morgan fingerprint density at radius 3 is 2.44 bits per heavy atom. The number of aromatic nitrogens is 3. The average molecular weight is 605 g/mol. The van der Waals surface area contributed by atoms with Crippen LogP contribution in [-0.4, -0.2) is 59.9 Å². The number of hydrogen-bond acceptors (Lipinski definition) is 8. The Kier molecular flexibility index (Phi) is 7.98. The van der Waals surface area contributed by atoms with Gasteiger partial charge in [0.15, 0.2) is 11.5 Å². The minimum atomic E-state index is -1.00. The Bertz CT molecular complexity index is 1800. The molecule has 3 heterocycles. The number of morpholine rings is 1.